The zero-order valence-electron chi connectivity index (χ0n) is 16.7. The Labute approximate surface area is 173 Å². The Bertz CT molecular complexity index is 918. The Morgan fingerprint density at radius 1 is 1.20 bits per heavy atom. The molecule has 0 aliphatic carbocycles. The second-order valence-corrected chi connectivity index (χ2v) is 7.67. The SMILES string of the molecule is Cc1nc2c(c(N3CCC3)n1)CN(C1CN(c3ccnc(C(F)F)c3)C1)C2.O=CO. The first-order chi connectivity index (χ1) is 14.5. The van der Waals surface area contributed by atoms with Crippen LogP contribution in [0.15, 0.2) is 18.3 Å². The van der Waals surface area contributed by atoms with Crippen LogP contribution in [0.25, 0.3) is 0 Å². The lowest BCUT2D eigenvalue weighted by atomic mass is 10.1. The van der Waals surface area contributed by atoms with E-state index in [0.717, 1.165) is 62.3 Å². The zero-order chi connectivity index (χ0) is 21.3. The third kappa shape index (κ3) is 3.91. The van der Waals surface area contributed by atoms with E-state index < -0.39 is 6.43 Å². The van der Waals surface area contributed by atoms with Gasteiger partial charge in [-0.3, -0.25) is 14.7 Å². The normalized spacial score (nSPS) is 18.4. The molecule has 5 rings (SSSR count). The highest BCUT2D eigenvalue weighted by Crippen LogP contribution is 2.35. The van der Waals surface area contributed by atoms with E-state index in [1.54, 1.807) is 6.07 Å². The molecule has 8 nitrogen and oxygen atoms in total. The first-order valence-corrected chi connectivity index (χ1v) is 9.92. The quantitative estimate of drug-likeness (QED) is 0.757. The predicted molar refractivity (Wildman–Crippen MR) is 107 cm³/mol. The number of hydrogen-bond acceptors (Lipinski definition) is 7. The van der Waals surface area contributed by atoms with E-state index in [1.165, 1.54) is 24.2 Å². The molecule has 10 heteroatoms. The molecule has 0 spiro atoms. The maximum absolute atomic E-state index is 12.9. The molecule has 0 bridgehead atoms. The number of hydrogen-bond donors (Lipinski definition) is 1. The molecule has 2 saturated heterocycles. The fraction of sp³-hybridized carbons (Fsp3) is 0.500. The molecular weight excluding hydrogens is 394 g/mol. The van der Waals surface area contributed by atoms with Gasteiger partial charge in [-0.05, 0) is 25.5 Å². The number of halogens is 2. The van der Waals surface area contributed by atoms with Gasteiger partial charge in [-0.15, -0.1) is 0 Å². The lowest BCUT2D eigenvalue weighted by Crippen LogP contribution is -2.58. The molecule has 30 heavy (non-hydrogen) atoms. The summed E-state index contributed by atoms with van der Waals surface area (Å²) in [5.41, 5.74) is 3.08. The number of fused-ring (bicyclic) bond motifs is 1. The molecule has 3 aliphatic heterocycles. The minimum atomic E-state index is -2.53. The van der Waals surface area contributed by atoms with E-state index in [-0.39, 0.29) is 12.2 Å². The Balaban J connectivity index is 0.000000687. The molecule has 0 aromatic carbocycles. The van der Waals surface area contributed by atoms with Crippen LogP contribution in [0.2, 0.25) is 0 Å². The summed E-state index contributed by atoms with van der Waals surface area (Å²) >= 11 is 0. The van der Waals surface area contributed by atoms with Crippen molar-refractivity contribution in [1.29, 1.82) is 0 Å². The molecule has 160 valence electrons. The van der Waals surface area contributed by atoms with Gasteiger partial charge in [0.25, 0.3) is 12.9 Å². The van der Waals surface area contributed by atoms with E-state index in [9.17, 15) is 8.78 Å². The van der Waals surface area contributed by atoms with Crippen LogP contribution in [-0.4, -0.2) is 63.7 Å². The predicted octanol–water partition coefficient (Wildman–Crippen LogP) is 2.23. The zero-order valence-corrected chi connectivity index (χ0v) is 16.7. The van der Waals surface area contributed by atoms with Gasteiger partial charge in [0.15, 0.2) is 0 Å². The molecule has 5 heterocycles. The Morgan fingerprint density at radius 2 is 1.93 bits per heavy atom. The van der Waals surface area contributed by atoms with Gasteiger partial charge >= 0.3 is 0 Å². The maximum Gasteiger partial charge on any atom is 0.290 e. The molecule has 2 aromatic rings. The minimum absolute atomic E-state index is 0.158. The number of carbonyl (C=O) groups is 1. The van der Waals surface area contributed by atoms with Gasteiger partial charge in [-0.25, -0.2) is 18.7 Å². The second-order valence-electron chi connectivity index (χ2n) is 7.67. The van der Waals surface area contributed by atoms with Gasteiger partial charge < -0.3 is 14.9 Å². The molecule has 0 amide bonds. The molecule has 2 fully saturated rings. The molecule has 0 unspecified atom stereocenters. The van der Waals surface area contributed by atoms with Gasteiger partial charge in [0.2, 0.25) is 0 Å². The molecular formula is C20H24F2N6O2. The summed E-state index contributed by atoms with van der Waals surface area (Å²) in [6, 6.07) is 3.71. The third-order valence-corrected chi connectivity index (χ3v) is 5.78. The van der Waals surface area contributed by atoms with Crippen molar-refractivity contribution in [3.63, 3.8) is 0 Å². The number of anilines is 2. The number of aryl methyl sites for hydroxylation is 1. The summed E-state index contributed by atoms with van der Waals surface area (Å²) in [5, 5.41) is 6.89. The number of alkyl halides is 2. The molecule has 3 aliphatic rings. The average molecular weight is 418 g/mol. The minimum Gasteiger partial charge on any atom is -0.483 e. The Hall–Kier alpha value is -2.88. The van der Waals surface area contributed by atoms with Crippen LogP contribution in [0.1, 0.15) is 35.6 Å². The van der Waals surface area contributed by atoms with Gasteiger partial charge in [-0.1, -0.05) is 0 Å². The highest BCUT2D eigenvalue weighted by Gasteiger charge is 2.38. The van der Waals surface area contributed by atoms with Crippen LogP contribution < -0.4 is 9.80 Å². The fourth-order valence-electron chi connectivity index (χ4n) is 4.08. The average Bonchev–Trinajstić information content (AvgIpc) is 3.03. The summed E-state index contributed by atoms with van der Waals surface area (Å²) < 4.78 is 25.7. The third-order valence-electron chi connectivity index (χ3n) is 5.78. The lowest BCUT2D eigenvalue weighted by Gasteiger charge is -2.45. The standard InChI is InChI=1S/C19H22F2N6.CH2O2/c1-12-23-17-11-27(10-15(17)19(24-12)25-5-2-6-25)14-8-26(9-14)13-3-4-22-16(7-13)18(20)21;2-1-3/h3-4,7,14,18H,2,5-6,8-11H2,1H3;1H,(H,2,3). The van der Waals surface area contributed by atoms with Crippen LogP contribution in [-0.2, 0) is 17.9 Å². The maximum atomic E-state index is 12.9. The number of carboxylic acid groups (broad SMARTS) is 1. The molecule has 0 atom stereocenters. The van der Waals surface area contributed by atoms with E-state index in [0.29, 0.717) is 6.04 Å². The summed E-state index contributed by atoms with van der Waals surface area (Å²) in [4.78, 5) is 28.4. The van der Waals surface area contributed by atoms with E-state index in [4.69, 9.17) is 14.9 Å². The first-order valence-electron chi connectivity index (χ1n) is 9.92. The van der Waals surface area contributed by atoms with Crippen LogP contribution >= 0.6 is 0 Å². The highest BCUT2D eigenvalue weighted by atomic mass is 19.3. The van der Waals surface area contributed by atoms with Crippen molar-refractivity contribution < 1.29 is 18.7 Å². The van der Waals surface area contributed by atoms with Crippen molar-refractivity contribution in [1.82, 2.24) is 19.9 Å². The number of nitrogens with zero attached hydrogens (tertiary/aromatic N) is 6. The van der Waals surface area contributed by atoms with Crippen LogP contribution in [0.4, 0.5) is 20.3 Å². The Kier molecular flexibility index (Phi) is 5.76. The van der Waals surface area contributed by atoms with Gasteiger partial charge in [0.05, 0.1) is 5.69 Å². The van der Waals surface area contributed by atoms with E-state index in [2.05, 4.69) is 24.7 Å². The highest BCUT2D eigenvalue weighted by molar-refractivity contribution is 5.53. The second kappa shape index (κ2) is 8.47. The number of aromatic nitrogens is 3. The molecule has 0 saturated carbocycles. The van der Waals surface area contributed by atoms with Gasteiger partial charge in [-0.2, -0.15) is 0 Å². The molecule has 0 radical (unpaired) electrons. The number of rotatable bonds is 4. The van der Waals surface area contributed by atoms with Crippen molar-refractivity contribution in [2.75, 3.05) is 36.0 Å². The first kappa shape index (κ1) is 20.4. The van der Waals surface area contributed by atoms with Crippen molar-refractivity contribution in [3.8, 4) is 0 Å². The van der Waals surface area contributed by atoms with Crippen LogP contribution in [0.5, 0.6) is 0 Å². The Morgan fingerprint density at radius 3 is 2.57 bits per heavy atom. The van der Waals surface area contributed by atoms with Gasteiger partial charge in [0.1, 0.15) is 17.3 Å². The topological polar surface area (TPSA) is 85.7 Å². The number of pyridine rings is 1. The lowest BCUT2D eigenvalue weighted by molar-refractivity contribution is -0.122. The monoisotopic (exact) mass is 418 g/mol. The van der Waals surface area contributed by atoms with Gasteiger partial charge in [0, 0.05) is 62.8 Å². The van der Waals surface area contributed by atoms with Crippen molar-refractivity contribution in [3.05, 3.63) is 41.1 Å². The smallest absolute Gasteiger partial charge is 0.290 e. The van der Waals surface area contributed by atoms with Crippen LogP contribution in [0.3, 0.4) is 0 Å². The largest absolute Gasteiger partial charge is 0.483 e. The van der Waals surface area contributed by atoms with Crippen molar-refractivity contribution >= 4 is 18.0 Å². The van der Waals surface area contributed by atoms with Crippen molar-refractivity contribution in [2.45, 2.75) is 38.9 Å². The summed E-state index contributed by atoms with van der Waals surface area (Å²) in [6.45, 7) is 7.26. The summed E-state index contributed by atoms with van der Waals surface area (Å²) in [7, 11) is 0. The van der Waals surface area contributed by atoms with E-state index in [1.807, 2.05) is 6.92 Å². The molecule has 1 N–H and O–H groups in total. The molecule has 2 aromatic heterocycles. The van der Waals surface area contributed by atoms with Crippen LogP contribution in [0, 0.1) is 6.92 Å². The fourth-order valence-corrected chi connectivity index (χ4v) is 4.08. The summed E-state index contributed by atoms with van der Waals surface area (Å²) in [6.07, 6.45) is 0.163. The summed E-state index contributed by atoms with van der Waals surface area (Å²) in [5.74, 6) is 1.95. The van der Waals surface area contributed by atoms with Crippen molar-refractivity contribution in [2.24, 2.45) is 0 Å². The van der Waals surface area contributed by atoms with E-state index >= 15 is 0 Å².